The van der Waals surface area contributed by atoms with Crippen molar-refractivity contribution in [3.8, 4) is 5.75 Å². The molecule has 7 heteroatoms. The molecule has 4 rings (SSSR count). The van der Waals surface area contributed by atoms with Gasteiger partial charge in [0.1, 0.15) is 11.4 Å². The molecule has 0 radical (unpaired) electrons. The number of hydrogen-bond acceptors (Lipinski definition) is 7. The van der Waals surface area contributed by atoms with Crippen LogP contribution >= 0.6 is 0 Å². The van der Waals surface area contributed by atoms with Crippen LogP contribution in [0.2, 0.25) is 0 Å². The number of ether oxygens (including phenoxy) is 2. The Kier molecular flexibility index (Phi) is 8.87. The van der Waals surface area contributed by atoms with Crippen molar-refractivity contribution in [3.63, 3.8) is 0 Å². The first kappa shape index (κ1) is 24.5. The van der Waals surface area contributed by atoms with Crippen LogP contribution in [0.4, 0.5) is 5.69 Å². The van der Waals surface area contributed by atoms with E-state index in [9.17, 15) is 0 Å². The lowest BCUT2D eigenvalue weighted by Crippen LogP contribution is -2.47. The Morgan fingerprint density at radius 2 is 1.59 bits per heavy atom. The van der Waals surface area contributed by atoms with Crippen molar-refractivity contribution >= 4 is 18.0 Å². The van der Waals surface area contributed by atoms with Crippen molar-refractivity contribution < 1.29 is 28.7 Å². The standard InChI is InChI=1S/C23H25NO2.2CO2/c1-16-17(2)23(14-13-21(16)26-23)22(15-18-7-5-4-6-8-18)24-19-9-11-20(25-3)12-10-19;2*2-1-3/h4-14,21-22,24H,15H2,1-3H3;;/t21?,22-,23?;;/m1../s1. The molecule has 3 atom stereocenters. The molecule has 2 heterocycles. The van der Waals surface area contributed by atoms with Gasteiger partial charge in [-0.25, -0.2) is 0 Å². The van der Waals surface area contributed by atoms with Gasteiger partial charge in [0.2, 0.25) is 0 Å². The van der Waals surface area contributed by atoms with E-state index in [4.69, 9.17) is 28.7 Å². The van der Waals surface area contributed by atoms with Gasteiger partial charge >= 0.3 is 12.3 Å². The van der Waals surface area contributed by atoms with E-state index >= 15 is 0 Å². The first-order chi connectivity index (χ1) is 15.4. The molecule has 0 aliphatic carbocycles. The summed E-state index contributed by atoms with van der Waals surface area (Å²) >= 11 is 0. The Morgan fingerprint density at radius 1 is 1.00 bits per heavy atom. The first-order valence-electron chi connectivity index (χ1n) is 9.93. The number of nitrogens with one attached hydrogen (secondary N) is 1. The second kappa shape index (κ2) is 11.6. The third-order valence-corrected chi connectivity index (χ3v) is 5.68. The lowest BCUT2D eigenvalue weighted by molar-refractivity contribution is -0.193. The quantitative estimate of drug-likeness (QED) is 0.692. The Labute approximate surface area is 186 Å². The molecule has 2 aromatic carbocycles. The lowest BCUT2D eigenvalue weighted by Gasteiger charge is -2.36. The van der Waals surface area contributed by atoms with E-state index in [1.54, 1.807) is 7.11 Å². The number of rotatable bonds is 6. The maximum Gasteiger partial charge on any atom is 0.373 e. The highest BCUT2D eigenvalue weighted by molar-refractivity contribution is 5.53. The van der Waals surface area contributed by atoms with Gasteiger partial charge in [-0.2, -0.15) is 19.2 Å². The van der Waals surface area contributed by atoms with E-state index in [0.29, 0.717) is 0 Å². The van der Waals surface area contributed by atoms with Crippen LogP contribution in [-0.2, 0) is 30.3 Å². The van der Waals surface area contributed by atoms with Crippen molar-refractivity contribution in [2.45, 2.75) is 38.0 Å². The van der Waals surface area contributed by atoms with Gasteiger partial charge in [-0.15, -0.1) is 0 Å². The van der Waals surface area contributed by atoms with E-state index < -0.39 is 0 Å². The summed E-state index contributed by atoms with van der Waals surface area (Å²) in [7, 11) is 1.69. The summed E-state index contributed by atoms with van der Waals surface area (Å²) in [6, 6.07) is 18.8. The van der Waals surface area contributed by atoms with Gasteiger partial charge < -0.3 is 14.8 Å². The van der Waals surface area contributed by atoms with Crippen LogP contribution in [0, 0.1) is 0 Å². The van der Waals surface area contributed by atoms with E-state index in [-0.39, 0.29) is 30.0 Å². The molecule has 1 N–H and O–H groups in total. The van der Waals surface area contributed by atoms with Crippen LogP contribution in [-0.4, -0.2) is 37.2 Å². The molecule has 7 nitrogen and oxygen atoms in total. The van der Waals surface area contributed by atoms with Crippen LogP contribution < -0.4 is 10.1 Å². The summed E-state index contributed by atoms with van der Waals surface area (Å²) in [4.78, 5) is 32.5. The van der Waals surface area contributed by atoms with E-state index in [1.165, 1.54) is 16.7 Å². The molecule has 32 heavy (non-hydrogen) atoms. The molecule has 0 saturated carbocycles. The zero-order chi connectivity index (χ0) is 23.6. The summed E-state index contributed by atoms with van der Waals surface area (Å²) < 4.78 is 11.7. The fourth-order valence-electron chi connectivity index (χ4n) is 3.99. The number of benzene rings is 2. The van der Waals surface area contributed by atoms with Crippen molar-refractivity contribution in [1.82, 2.24) is 0 Å². The van der Waals surface area contributed by atoms with Gasteiger partial charge in [-0.3, -0.25) is 0 Å². The molecular formula is C25H25NO6. The average Bonchev–Trinajstić information content (AvgIpc) is 3.35. The van der Waals surface area contributed by atoms with Crippen molar-refractivity contribution in [3.05, 3.63) is 83.5 Å². The Morgan fingerprint density at radius 3 is 2.09 bits per heavy atom. The van der Waals surface area contributed by atoms with Crippen LogP contribution in [0.3, 0.4) is 0 Å². The minimum Gasteiger partial charge on any atom is -0.497 e. The SMILES string of the molecule is COc1ccc(N[C@H](Cc2ccccc2)C23C=CC(O2)C(C)=C3C)cc1.O=C=O.O=C=O. The largest absolute Gasteiger partial charge is 0.497 e. The number of hydrogen-bond donors (Lipinski definition) is 1. The van der Waals surface area contributed by atoms with Crippen molar-refractivity contribution in [2.75, 3.05) is 12.4 Å². The lowest BCUT2D eigenvalue weighted by atomic mass is 9.80. The van der Waals surface area contributed by atoms with E-state index in [1.807, 2.05) is 12.1 Å². The molecule has 2 aliphatic rings. The van der Waals surface area contributed by atoms with E-state index in [0.717, 1.165) is 17.9 Å². The average molecular weight is 435 g/mol. The highest BCUT2D eigenvalue weighted by Crippen LogP contribution is 2.46. The Balaban J connectivity index is 0.000000547. The molecular weight excluding hydrogens is 410 g/mol. The minimum absolute atomic E-state index is 0.108. The molecule has 0 amide bonds. The van der Waals surface area contributed by atoms with Crippen LogP contribution in [0.25, 0.3) is 0 Å². The van der Waals surface area contributed by atoms with E-state index in [2.05, 4.69) is 73.8 Å². The summed E-state index contributed by atoms with van der Waals surface area (Å²) in [6.45, 7) is 4.38. The predicted octanol–water partition coefficient (Wildman–Crippen LogP) is 3.60. The third kappa shape index (κ3) is 5.48. The van der Waals surface area contributed by atoms with Crippen LogP contribution in [0.1, 0.15) is 19.4 Å². The molecule has 166 valence electrons. The highest BCUT2D eigenvalue weighted by Gasteiger charge is 2.50. The summed E-state index contributed by atoms with van der Waals surface area (Å²) in [6.07, 6.45) is 5.93. The minimum atomic E-state index is -0.384. The predicted molar refractivity (Wildman–Crippen MR) is 116 cm³/mol. The zero-order valence-corrected chi connectivity index (χ0v) is 18.2. The van der Waals surface area contributed by atoms with Crippen molar-refractivity contribution in [2.24, 2.45) is 0 Å². The molecule has 0 fully saturated rings. The molecule has 0 saturated heterocycles. The fraction of sp³-hybridized carbons (Fsp3) is 0.280. The monoisotopic (exact) mass is 435 g/mol. The number of carbonyl (C=O) groups excluding carboxylic acids is 4. The number of methoxy groups -OCH3 is 1. The van der Waals surface area contributed by atoms with Gasteiger partial charge in [-0.05, 0) is 67.3 Å². The van der Waals surface area contributed by atoms with Gasteiger partial charge in [0.05, 0.1) is 19.3 Å². The Hall–Kier alpha value is -3.76. The maximum absolute atomic E-state index is 8.12. The van der Waals surface area contributed by atoms with Crippen LogP contribution in [0.15, 0.2) is 77.9 Å². The maximum atomic E-state index is 8.12. The third-order valence-electron chi connectivity index (χ3n) is 5.68. The van der Waals surface area contributed by atoms with Crippen molar-refractivity contribution in [1.29, 1.82) is 0 Å². The number of anilines is 1. The summed E-state index contributed by atoms with van der Waals surface area (Å²) in [5.41, 5.74) is 4.64. The second-order valence-corrected chi connectivity index (χ2v) is 7.28. The molecule has 2 aromatic rings. The summed E-state index contributed by atoms with van der Waals surface area (Å²) in [5.74, 6) is 0.859. The molecule has 2 bridgehead atoms. The second-order valence-electron chi connectivity index (χ2n) is 7.28. The Bertz CT molecular complexity index is 1000. The zero-order valence-electron chi connectivity index (χ0n) is 18.2. The number of fused-ring (bicyclic) bond motifs is 2. The molecule has 2 unspecified atom stereocenters. The molecule has 0 spiro atoms. The normalized spacial score (nSPS) is 20.7. The molecule has 0 aromatic heterocycles. The van der Waals surface area contributed by atoms with Gasteiger partial charge in [0.25, 0.3) is 0 Å². The molecule has 2 aliphatic heterocycles. The van der Waals surface area contributed by atoms with Crippen LogP contribution in [0.5, 0.6) is 5.75 Å². The topological polar surface area (TPSA) is 98.8 Å². The van der Waals surface area contributed by atoms with Gasteiger partial charge in [0.15, 0.2) is 0 Å². The van der Waals surface area contributed by atoms with Gasteiger partial charge in [0, 0.05) is 5.69 Å². The summed E-state index contributed by atoms with van der Waals surface area (Å²) in [5, 5.41) is 3.72. The highest BCUT2D eigenvalue weighted by atomic mass is 16.5. The van der Waals surface area contributed by atoms with Gasteiger partial charge in [-0.1, -0.05) is 36.4 Å². The first-order valence-corrected chi connectivity index (χ1v) is 9.93. The fourth-order valence-corrected chi connectivity index (χ4v) is 3.99. The smallest absolute Gasteiger partial charge is 0.373 e.